The molecule has 2 aliphatic heterocycles. The number of ether oxygens (including phenoxy) is 2. The van der Waals surface area contributed by atoms with Gasteiger partial charge in [0.05, 0.1) is 13.2 Å². The van der Waals surface area contributed by atoms with Crippen molar-refractivity contribution in [2.75, 3.05) is 19.8 Å². The summed E-state index contributed by atoms with van der Waals surface area (Å²) in [6.07, 6.45) is 2.44. The molecule has 2 saturated heterocycles. The lowest BCUT2D eigenvalue weighted by molar-refractivity contribution is -0.184. The van der Waals surface area contributed by atoms with E-state index in [0.717, 1.165) is 19.8 Å². The standard InChI is InChI=1S/C6H10O2/c1-2-6(8-3-1)4-7-5-6/h1-5H2. The molecule has 0 bridgehead atoms. The second-order valence-electron chi connectivity index (χ2n) is 2.63. The Labute approximate surface area is 48.8 Å². The van der Waals surface area contributed by atoms with Gasteiger partial charge in [-0.2, -0.15) is 0 Å². The predicted molar refractivity (Wildman–Crippen MR) is 28.7 cm³/mol. The van der Waals surface area contributed by atoms with Gasteiger partial charge in [-0.05, 0) is 12.8 Å². The van der Waals surface area contributed by atoms with Crippen LogP contribution in [0.4, 0.5) is 0 Å². The fourth-order valence-electron chi connectivity index (χ4n) is 1.31. The maximum atomic E-state index is 5.45. The monoisotopic (exact) mass is 114 g/mol. The van der Waals surface area contributed by atoms with Gasteiger partial charge in [0.15, 0.2) is 0 Å². The Hall–Kier alpha value is -0.0800. The third-order valence-corrected chi connectivity index (χ3v) is 1.92. The van der Waals surface area contributed by atoms with Crippen LogP contribution in [0.2, 0.25) is 0 Å². The third kappa shape index (κ3) is 0.501. The first-order valence-electron chi connectivity index (χ1n) is 3.13. The largest absolute Gasteiger partial charge is 0.375 e. The van der Waals surface area contributed by atoms with Crippen LogP contribution in [0, 0.1) is 0 Å². The van der Waals surface area contributed by atoms with Crippen molar-refractivity contribution in [2.24, 2.45) is 0 Å². The van der Waals surface area contributed by atoms with Crippen molar-refractivity contribution >= 4 is 0 Å². The first kappa shape index (κ1) is 4.77. The lowest BCUT2D eigenvalue weighted by Crippen LogP contribution is -2.48. The quantitative estimate of drug-likeness (QED) is 0.458. The molecule has 0 aromatic carbocycles. The smallest absolute Gasteiger partial charge is 0.115 e. The van der Waals surface area contributed by atoms with Gasteiger partial charge in [-0.1, -0.05) is 0 Å². The van der Waals surface area contributed by atoms with Crippen LogP contribution in [0.25, 0.3) is 0 Å². The molecule has 1 spiro atoms. The predicted octanol–water partition coefficient (Wildman–Crippen LogP) is 0.566. The van der Waals surface area contributed by atoms with E-state index in [0.29, 0.717) is 0 Å². The second-order valence-corrected chi connectivity index (χ2v) is 2.63. The Bertz CT molecular complexity index is 88.7. The van der Waals surface area contributed by atoms with Gasteiger partial charge in [0.1, 0.15) is 5.60 Å². The molecule has 0 atom stereocenters. The highest BCUT2D eigenvalue weighted by molar-refractivity contribution is 4.90. The molecule has 0 aromatic heterocycles. The molecule has 0 aliphatic carbocycles. The minimum Gasteiger partial charge on any atom is -0.375 e. The SMILES string of the molecule is C1COC2(C1)COC2. The maximum Gasteiger partial charge on any atom is 0.115 e. The van der Waals surface area contributed by atoms with Crippen LogP contribution in [0.5, 0.6) is 0 Å². The van der Waals surface area contributed by atoms with Gasteiger partial charge in [-0.25, -0.2) is 0 Å². The summed E-state index contributed by atoms with van der Waals surface area (Å²) in [4.78, 5) is 0. The summed E-state index contributed by atoms with van der Waals surface area (Å²) in [5, 5.41) is 0. The van der Waals surface area contributed by atoms with Crippen LogP contribution in [-0.4, -0.2) is 25.4 Å². The number of rotatable bonds is 0. The van der Waals surface area contributed by atoms with Gasteiger partial charge in [0.25, 0.3) is 0 Å². The summed E-state index contributed by atoms with van der Waals surface area (Å²) in [6, 6.07) is 0. The van der Waals surface area contributed by atoms with Crippen molar-refractivity contribution in [1.29, 1.82) is 0 Å². The van der Waals surface area contributed by atoms with Gasteiger partial charge in [0, 0.05) is 6.61 Å². The van der Waals surface area contributed by atoms with E-state index in [2.05, 4.69) is 0 Å². The molecule has 46 valence electrons. The van der Waals surface area contributed by atoms with E-state index in [-0.39, 0.29) is 5.60 Å². The Kier molecular flexibility index (Phi) is 0.866. The van der Waals surface area contributed by atoms with E-state index < -0.39 is 0 Å². The molecule has 2 rings (SSSR count). The lowest BCUT2D eigenvalue weighted by Gasteiger charge is -2.36. The molecule has 0 unspecified atom stereocenters. The Balaban J connectivity index is 2.01. The van der Waals surface area contributed by atoms with Gasteiger partial charge >= 0.3 is 0 Å². The molecule has 0 amide bonds. The summed E-state index contributed by atoms with van der Waals surface area (Å²) >= 11 is 0. The lowest BCUT2D eigenvalue weighted by atomic mass is 9.99. The topological polar surface area (TPSA) is 18.5 Å². The highest BCUT2D eigenvalue weighted by Crippen LogP contribution is 2.32. The molecule has 0 N–H and O–H groups in total. The molecule has 8 heavy (non-hydrogen) atoms. The summed E-state index contributed by atoms with van der Waals surface area (Å²) in [6.45, 7) is 2.63. The minimum absolute atomic E-state index is 0.194. The molecule has 0 aromatic rings. The van der Waals surface area contributed by atoms with E-state index in [1.807, 2.05) is 0 Å². The Morgan fingerprint density at radius 3 is 2.38 bits per heavy atom. The van der Waals surface area contributed by atoms with E-state index in [9.17, 15) is 0 Å². The minimum atomic E-state index is 0.194. The maximum absolute atomic E-state index is 5.45. The molecule has 0 radical (unpaired) electrons. The van der Waals surface area contributed by atoms with E-state index in [1.54, 1.807) is 0 Å². The molecule has 2 nitrogen and oxygen atoms in total. The molecular formula is C6H10O2. The van der Waals surface area contributed by atoms with Gasteiger partial charge in [-0.3, -0.25) is 0 Å². The zero-order valence-corrected chi connectivity index (χ0v) is 4.85. The summed E-state index contributed by atoms with van der Waals surface area (Å²) in [5.41, 5.74) is 0.194. The summed E-state index contributed by atoms with van der Waals surface area (Å²) in [7, 11) is 0. The zero-order valence-electron chi connectivity index (χ0n) is 4.85. The third-order valence-electron chi connectivity index (χ3n) is 1.92. The van der Waals surface area contributed by atoms with Crippen molar-refractivity contribution in [2.45, 2.75) is 18.4 Å². The van der Waals surface area contributed by atoms with E-state index in [1.165, 1.54) is 12.8 Å². The van der Waals surface area contributed by atoms with E-state index in [4.69, 9.17) is 9.47 Å². The average molecular weight is 114 g/mol. The van der Waals surface area contributed by atoms with Crippen LogP contribution >= 0.6 is 0 Å². The van der Waals surface area contributed by atoms with Crippen LogP contribution in [-0.2, 0) is 9.47 Å². The first-order valence-corrected chi connectivity index (χ1v) is 3.13. The first-order chi connectivity index (χ1) is 3.91. The van der Waals surface area contributed by atoms with Crippen molar-refractivity contribution in [3.05, 3.63) is 0 Å². The van der Waals surface area contributed by atoms with Gasteiger partial charge in [0.2, 0.25) is 0 Å². The molecule has 2 heteroatoms. The highest BCUT2D eigenvalue weighted by Gasteiger charge is 2.42. The molecule has 2 fully saturated rings. The van der Waals surface area contributed by atoms with Crippen LogP contribution in [0.1, 0.15) is 12.8 Å². The fraction of sp³-hybridized carbons (Fsp3) is 1.00. The summed E-state index contributed by atoms with van der Waals surface area (Å²) in [5.74, 6) is 0. The fourth-order valence-corrected chi connectivity index (χ4v) is 1.31. The number of hydrogen-bond donors (Lipinski definition) is 0. The molecule has 2 heterocycles. The van der Waals surface area contributed by atoms with Crippen LogP contribution in [0.15, 0.2) is 0 Å². The van der Waals surface area contributed by atoms with Crippen molar-refractivity contribution in [1.82, 2.24) is 0 Å². The molecule has 2 aliphatic rings. The highest BCUT2D eigenvalue weighted by atomic mass is 16.6. The van der Waals surface area contributed by atoms with Crippen molar-refractivity contribution in [3.8, 4) is 0 Å². The van der Waals surface area contributed by atoms with Crippen LogP contribution < -0.4 is 0 Å². The van der Waals surface area contributed by atoms with Gasteiger partial charge < -0.3 is 9.47 Å². The zero-order chi connectivity index (χ0) is 5.45. The average Bonchev–Trinajstić information content (AvgIpc) is 2.07. The molecular weight excluding hydrogens is 104 g/mol. The van der Waals surface area contributed by atoms with Crippen molar-refractivity contribution in [3.63, 3.8) is 0 Å². The second kappa shape index (κ2) is 1.45. The van der Waals surface area contributed by atoms with E-state index >= 15 is 0 Å². The molecule has 0 saturated carbocycles. The Morgan fingerprint density at radius 2 is 2.12 bits per heavy atom. The summed E-state index contributed by atoms with van der Waals surface area (Å²) < 4.78 is 10.5. The van der Waals surface area contributed by atoms with Gasteiger partial charge in [-0.15, -0.1) is 0 Å². The normalized spacial score (nSPS) is 33.0. The van der Waals surface area contributed by atoms with Crippen LogP contribution in [0.3, 0.4) is 0 Å². The number of hydrogen-bond acceptors (Lipinski definition) is 2. The Morgan fingerprint density at radius 1 is 1.25 bits per heavy atom. The van der Waals surface area contributed by atoms with Crippen molar-refractivity contribution < 1.29 is 9.47 Å².